The van der Waals surface area contributed by atoms with Crippen LogP contribution in [0.2, 0.25) is 0 Å². The number of aromatic nitrogens is 3. The summed E-state index contributed by atoms with van der Waals surface area (Å²) in [5.74, 6) is -1.30. The van der Waals surface area contributed by atoms with Gasteiger partial charge in [-0.1, -0.05) is 56.7 Å². The lowest BCUT2D eigenvalue weighted by Crippen LogP contribution is -2.59. The second kappa shape index (κ2) is 13.4. The predicted octanol–water partition coefficient (Wildman–Crippen LogP) is 3.53. The number of benzene rings is 2. The van der Waals surface area contributed by atoms with E-state index in [0.29, 0.717) is 44.3 Å². The molecular weight excluding hydrogens is 602 g/mol. The van der Waals surface area contributed by atoms with Gasteiger partial charge in [0.05, 0.1) is 18.4 Å². The average Bonchev–Trinajstić information content (AvgIpc) is 3.80. The number of aryl methyl sites for hydroxylation is 1. The molecule has 6 rings (SSSR count). The highest BCUT2D eigenvalue weighted by atomic mass is 32.1. The van der Waals surface area contributed by atoms with E-state index in [1.54, 1.807) is 21.1 Å². The number of fused-ring (bicyclic) bond motifs is 1. The smallest absolute Gasteiger partial charge is 0.250 e. The Labute approximate surface area is 271 Å². The van der Waals surface area contributed by atoms with Crippen LogP contribution < -0.4 is 15.5 Å². The van der Waals surface area contributed by atoms with E-state index in [0.717, 1.165) is 27.8 Å². The number of hydrogen-bond donors (Lipinski definition) is 3. The Bertz CT molecular complexity index is 1750. The van der Waals surface area contributed by atoms with Crippen molar-refractivity contribution >= 4 is 50.7 Å². The summed E-state index contributed by atoms with van der Waals surface area (Å²) in [5, 5.41) is 19.5. The fourth-order valence-electron chi connectivity index (χ4n) is 6.73. The van der Waals surface area contributed by atoms with Crippen LogP contribution in [0.25, 0.3) is 10.1 Å². The predicted molar refractivity (Wildman–Crippen MR) is 176 cm³/mol. The molecule has 4 aromatic rings. The zero-order valence-electron chi connectivity index (χ0n) is 26.3. The number of rotatable bonds is 11. The minimum atomic E-state index is -0.849. The largest absolute Gasteiger partial charge is 0.348 e. The van der Waals surface area contributed by atoms with Crippen LogP contribution in [0.15, 0.2) is 54.0 Å². The van der Waals surface area contributed by atoms with Crippen LogP contribution >= 0.6 is 11.3 Å². The highest BCUT2D eigenvalue weighted by Crippen LogP contribution is 2.39. The molecule has 2 aliphatic rings. The Hall–Kier alpha value is -4.58. The number of amides is 4. The van der Waals surface area contributed by atoms with E-state index >= 15 is 0 Å². The van der Waals surface area contributed by atoms with Crippen LogP contribution in [-0.4, -0.2) is 68.6 Å². The lowest BCUT2D eigenvalue weighted by atomic mass is 9.95. The van der Waals surface area contributed by atoms with Gasteiger partial charge in [0.15, 0.2) is 0 Å². The van der Waals surface area contributed by atoms with Crippen LogP contribution in [0, 0.1) is 5.92 Å². The summed E-state index contributed by atoms with van der Waals surface area (Å²) in [5.41, 5.74) is 4.39. The van der Waals surface area contributed by atoms with Gasteiger partial charge in [0.2, 0.25) is 23.6 Å². The number of H-pyrrole nitrogens is 1. The van der Waals surface area contributed by atoms with Gasteiger partial charge in [-0.05, 0) is 58.7 Å². The first-order chi connectivity index (χ1) is 22.3. The second-order valence-electron chi connectivity index (χ2n) is 12.2. The van der Waals surface area contributed by atoms with Gasteiger partial charge in [-0.25, -0.2) is 0 Å². The van der Waals surface area contributed by atoms with Gasteiger partial charge < -0.3 is 15.5 Å². The maximum atomic E-state index is 14.3. The van der Waals surface area contributed by atoms with Crippen molar-refractivity contribution in [1.29, 1.82) is 0 Å². The first-order valence-electron chi connectivity index (χ1n) is 15.9. The minimum absolute atomic E-state index is 0.144. The number of carbonyl (C=O) groups excluding carboxylic acids is 4. The number of nitrogens with one attached hydrogen (secondary N) is 3. The summed E-state index contributed by atoms with van der Waals surface area (Å²) in [7, 11) is 0. The van der Waals surface area contributed by atoms with Gasteiger partial charge in [-0.2, -0.15) is 15.4 Å². The molecule has 0 aliphatic carbocycles. The van der Waals surface area contributed by atoms with Gasteiger partial charge >= 0.3 is 0 Å². The highest BCUT2D eigenvalue weighted by molar-refractivity contribution is 7.17. The summed E-state index contributed by atoms with van der Waals surface area (Å²) >= 11 is 1.67. The standard InChI is InChI=1S/C34H39N7O4S/c1-4-20(2)30(40(21(3)42)15-14-24-19-46-29-11-6-5-10-26(24)29)33(44)37-27-13-12-22-8-7-9-23-16-28(41(31(22)23)34(27)45)32(43)35-17-25-18-36-39-38-25/h5-11,18-20,27-28,30H,4,12-17H2,1-3H3,(H,35,43)(H,37,44)(H,36,38,39)/t20-,27-,28-,30-/m0/s1. The van der Waals surface area contributed by atoms with Crippen molar-refractivity contribution in [2.24, 2.45) is 5.92 Å². The Morgan fingerprint density at radius 1 is 1.15 bits per heavy atom. The van der Waals surface area contributed by atoms with E-state index in [-0.39, 0.29) is 36.1 Å². The van der Waals surface area contributed by atoms with Crippen molar-refractivity contribution in [3.05, 3.63) is 76.4 Å². The zero-order chi connectivity index (χ0) is 32.4. The third-order valence-corrected chi connectivity index (χ3v) is 10.3. The van der Waals surface area contributed by atoms with Crippen LogP contribution in [0.4, 0.5) is 5.69 Å². The van der Waals surface area contributed by atoms with E-state index < -0.39 is 18.1 Å². The molecule has 0 saturated heterocycles. The molecule has 2 aromatic carbocycles. The second-order valence-corrected chi connectivity index (χ2v) is 13.1. The Morgan fingerprint density at radius 3 is 2.72 bits per heavy atom. The molecule has 4 heterocycles. The van der Waals surface area contributed by atoms with Crippen LogP contribution in [-0.2, 0) is 45.0 Å². The molecule has 0 spiro atoms. The first-order valence-corrected chi connectivity index (χ1v) is 16.7. The molecule has 0 radical (unpaired) electrons. The Kier molecular flexibility index (Phi) is 9.16. The fourth-order valence-corrected chi connectivity index (χ4v) is 7.73. The Balaban J connectivity index is 1.22. The molecule has 12 heteroatoms. The summed E-state index contributed by atoms with van der Waals surface area (Å²) in [4.78, 5) is 58.2. The molecule has 2 aromatic heterocycles. The van der Waals surface area contributed by atoms with Gasteiger partial charge in [-0.3, -0.25) is 24.1 Å². The monoisotopic (exact) mass is 641 g/mol. The molecule has 4 atom stereocenters. The molecule has 0 saturated carbocycles. The summed E-state index contributed by atoms with van der Waals surface area (Å²) in [6, 6.07) is 11.7. The highest BCUT2D eigenvalue weighted by Gasteiger charge is 2.45. The van der Waals surface area contributed by atoms with E-state index in [4.69, 9.17) is 0 Å². The normalized spacial score (nSPS) is 18.5. The molecular formula is C34H39N7O4S. The van der Waals surface area contributed by atoms with Gasteiger partial charge in [0.1, 0.15) is 23.8 Å². The lowest BCUT2D eigenvalue weighted by Gasteiger charge is -2.35. The zero-order valence-corrected chi connectivity index (χ0v) is 27.1. The van der Waals surface area contributed by atoms with E-state index in [2.05, 4.69) is 43.6 Å². The fraction of sp³-hybridized carbons (Fsp3) is 0.412. The number of para-hydroxylation sites is 1. The lowest BCUT2D eigenvalue weighted by molar-refractivity contribution is -0.142. The first kappa shape index (κ1) is 31.4. The maximum Gasteiger partial charge on any atom is 0.250 e. The van der Waals surface area contributed by atoms with Crippen LogP contribution in [0.1, 0.15) is 56.0 Å². The SMILES string of the molecule is CC[C@H](C)[C@@H](C(=O)N[C@H]1CCc2cccc3c2N(C1=O)[C@H](C(=O)NCc1cn[nH]n1)C3)N(CCc1csc2ccccc12)C(C)=O. The van der Waals surface area contributed by atoms with E-state index in [1.807, 2.05) is 44.2 Å². The van der Waals surface area contributed by atoms with Crippen molar-refractivity contribution in [1.82, 2.24) is 30.9 Å². The minimum Gasteiger partial charge on any atom is -0.348 e. The van der Waals surface area contributed by atoms with Gasteiger partial charge in [0.25, 0.3) is 0 Å². The van der Waals surface area contributed by atoms with Crippen LogP contribution in [0.5, 0.6) is 0 Å². The van der Waals surface area contributed by atoms with Crippen molar-refractivity contribution in [2.75, 3.05) is 11.4 Å². The number of aromatic amines is 1. The molecule has 240 valence electrons. The van der Waals surface area contributed by atoms with Crippen molar-refractivity contribution in [3.63, 3.8) is 0 Å². The number of hydrogen-bond acceptors (Lipinski definition) is 7. The summed E-state index contributed by atoms with van der Waals surface area (Å²) < 4.78 is 1.19. The van der Waals surface area contributed by atoms with Crippen LogP contribution in [0.3, 0.4) is 0 Å². The molecule has 3 N–H and O–H groups in total. The third kappa shape index (κ3) is 6.13. The van der Waals surface area contributed by atoms with E-state index in [1.165, 1.54) is 17.8 Å². The summed E-state index contributed by atoms with van der Waals surface area (Å²) in [6.07, 6.45) is 4.16. The number of carbonyl (C=O) groups is 4. The summed E-state index contributed by atoms with van der Waals surface area (Å²) in [6.45, 7) is 6.02. The molecule has 2 aliphatic heterocycles. The number of nitrogens with zero attached hydrogens (tertiary/aromatic N) is 4. The Morgan fingerprint density at radius 2 is 1.96 bits per heavy atom. The molecule has 0 fully saturated rings. The third-order valence-electron chi connectivity index (χ3n) is 9.31. The maximum absolute atomic E-state index is 14.3. The molecule has 46 heavy (non-hydrogen) atoms. The molecule has 0 bridgehead atoms. The van der Waals surface area contributed by atoms with Crippen molar-refractivity contribution in [2.45, 2.75) is 77.5 Å². The molecule has 11 nitrogen and oxygen atoms in total. The molecule has 0 unspecified atom stereocenters. The van der Waals surface area contributed by atoms with E-state index in [9.17, 15) is 19.2 Å². The molecule has 4 amide bonds. The van der Waals surface area contributed by atoms with Crippen molar-refractivity contribution in [3.8, 4) is 0 Å². The van der Waals surface area contributed by atoms with Crippen molar-refractivity contribution < 1.29 is 19.2 Å². The van der Waals surface area contributed by atoms with Gasteiger partial charge in [0, 0.05) is 24.6 Å². The number of thiophene rings is 1. The quantitative estimate of drug-likeness (QED) is 0.229. The van der Waals surface area contributed by atoms with Gasteiger partial charge in [-0.15, -0.1) is 11.3 Å². The topological polar surface area (TPSA) is 140 Å². The average molecular weight is 642 g/mol. The number of anilines is 1.